The highest BCUT2D eigenvalue weighted by Gasteiger charge is 2.43. The summed E-state index contributed by atoms with van der Waals surface area (Å²) in [5, 5.41) is 12.2. The number of piperidine rings is 1. The van der Waals surface area contributed by atoms with Crippen LogP contribution in [0.2, 0.25) is 0 Å². The highest BCUT2D eigenvalue weighted by Crippen LogP contribution is 2.26. The number of hydrogen-bond donors (Lipinski definition) is 3. The number of carbonyl (C=O) groups excluding carboxylic acids is 2. The summed E-state index contributed by atoms with van der Waals surface area (Å²) < 4.78 is 33.5. The van der Waals surface area contributed by atoms with Crippen LogP contribution in [0.15, 0.2) is 12.4 Å². The lowest BCUT2D eigenvalue weighted by molar-refractivity contribution is -0.121. The maximum absolute atomic E-state index is 11.4. The number of rotatable bonds is 7. The maximum atomic E-state index is 11.4. The fraction of sp³-hybridized carbons (Fsp3) is 0.714. The molecule has 4 rings (SSSR count). The smallest absolute Gasteiger partial charge is 0.321 e. The van der Waals surface area contributed by atoms with Crippen molar-refractivity contribution in [2.45, 2.75) is 37.4 Å². The summed E-state index contributed by atoms with van der Waals surface area (Å²) in [4.78, 5) is 29.5. The Morgan fingerprint density at radius 3 is 2.76 bits per heavy atom. The minimum Gasteiger partial charge on any atom is -0.321 e. The van der Waals surface area contributed by atoms with E-state index in [4.69, 9.17) is 9.39 Å². The zero-order chi connectivity index (χ0) is 20.9. The van der Waals surface area contributed by atoms with E-state index in [2.05, 4.69) is 25.3 Å². The topological polar surface area (TPSA) is 168 Å². The van der Waals surface area contributed by atoms with E-state index in [9.17, 15) is 18.0 Å². The second-order valence-corrected chi connectivity index (χ2v) is 7.75. The molecule has 1 aromatic rings. The molecule has 2 bridgehead atoms. The van der Waals surface area contributed by atoms with Crippen molar-refractivity contribution >= 4 is 22.8 Å². The SMILES string of the molecule is O=C1N2CCCC(C2)N1OS(=O)(=O)O.O=CNOCC1CC(n2nccn2)CN1. The van der Waals surface area contributed by atoms with Gasteiger partial charge < -0.3 is 10.2 Å². The molecule has 4 heterocycles. The van der Waals surface area contributed by atoms with Crippen molar-refractivity contribution in [2.75, 3.05) is 26.2 Å². The molecule has 162 valence electrons. The van der Waals surface area contributed by atoms with Gasteiger partial charge in [-0.05, 0) is 19.3 Å². The number of amides is 3. The van der Waals surface area contributed by atoms with Gasteiger partial charge in [0.1, 0.15) is 0 Å². The van der Waals surface area contributed by atoms with E-state index in [1.165, 1.54) is 4.90 Å². The van der Waals surface area contributed by atoms with E-state index in [-0.39, 0.29) is 18.1 Å². The summed E-state index contributed by atoms with van der Waals surface area (Å²) in [7, 11) is -4.60. The van der Waals surface area contributed by atoms with Gasteiger partial charge in [-0.1, -0.05) is 0 Å². The zero-order valence-corrected chi connectivity index (χ0v) is 16.3. The summed E-state index contributed by atoms with van der Waals surface area (Å²) in [5.74, 6) is 0. The number of carbonyl (C=O) groups is 2. The normalized spacial score (nSPS) is 26.2. The van der Waals surface area contributed by atoms with E-state index in [0.717, 1.165) is 24.4 Å². The van der Waals surface area contributed by atoms with Gasteiger partial charge in [0, 0.05) is 25.7 Å². The Balaban J connectivity index is 0.000000166. The number of fused-ring (bicyclic) bond motifs is 2. The molecule has 14 nitrogen and oxygen atoms in total. The first kappa shape index (κ1) is 21.4. The molecule has 3 aliphatic rings. The van der Waals surface area contributed by atoms with E-state index < -0.39 is 16.4 Å². The minimum atomic E-state index is -4.60. The van der Waals surface area contributed by atoms with Crippen molar-refractivity contribution in [2.24, 2.45) is 0 Å². The molecule has 3 unspecified atom stereocenters. The Morgan fingerprint density at radius 1 is 1.34 bits per heavy atom. The molecule has 3 aliphatic heterocycles. The van der Waals surface area contributed by atoms with Gasteiger partial charge in [0.05, 0.1) is 31.1 Å². The molecule has 1 aromatic heterocycles. The Morgan fingerprint density at radius 2 is 2.10 bits per heavy atom. The van der Waals surface area contributed by atoms with Crippen LogP contribution in [-0.2, 0) is 24.3 Å². The molecule has 0 radical (unpaired) electrons. The van der Waals surface area contributed by atoms with Gasteiger partial charge in [-0.25, -0.2) is 10.3 Å². The monoisotopic (exact) mass is 433 g/mol. The molecule has 3 atom stereocenters. The first-order valence-electron chi connectivity index (χ1n) is 9.02. The summed E-state index contributed by atoms with van der Waals surface area (Å²) in [6, 6.07) is -0.262. The van der Waals surface area contributed by atoms with Gasteiger partial charge in [0.2, 0.25) is 6.41 Å². The molecular weight excluding hydrogens is 410 g/mol. The van der Waals surface area contributed by atoms with Crippen molar-refractivity contribution in [3.05, 3.63) is 12.4 Å². The molecule has 29 heavy (non-hydrogen) atoms. The third-order valence-electron chi connectivity index (χ3n) is 4.74. The van der Waals surface area contributed by atoms with E-state index in [1.54, 1.807) is 17.2 Å². The first-order chi connectivity index (χ1) is 13.9. The lowest BCUT2D eigenvalue weighted by Gasteiger charge is -2.20. The van der Waals surface area contributed by atoms with Crippen LogP contribution in [0.4, 0.5) is 4.79 Å². The highest BCUT2D eigenvalue weighted by atomic mass is 32.3. The van der Waals surface area contributed by atoms with Crippen molar-refractivity contribution < 1.29 is 31.7 Å². The zero-order valence-electron chi connectivity index (χ0n) is 15.5. The van der Waals surface area contributed by atoms with Gasteiger partial charge in [0.25, 0.3) is 0 Å². The summed E-state index contributed by atoms with van der Waals surface area (Å²) in [5.41, 5.74) is 2.17. The Kier molecular flexibility index (Phi) is 6.96. The maximum Gasteiger partial charge on any atom is 0.418 e. The molecule has 3 amide bonds. The van der Waals surface area contributed by atoms with Gasteiger partial charge in [-0.3, -0.25) is 14.2 Å². The molecule has 3 fully saturated rings. The minimum absolute atomic E-state index is 0.230. The number of hydrogen-bond acceptors (Lipinski definition) is 9. The summed E-state index contributed by atoms with van der Waals surface area (Å²) in [6.45, 7) is 2.36. The van der Waals surface area contributed by atoms with Crippen LogP contribution in [0.3, 0.4) is 0 Å². The van der Waals surface area contributed by atoms with Gasteiger partial charge >= 0.3 is 16.4 Å². The second-order valence-electron chi connectivity index (χ2n) is 6.74. The molecule has 0 saturated carbocycles. The molecule has 3 saturated heterocycles. The fourth-order valence-corrected chi connectivity index (χ4v) is 3.90. The quantitative estimate of drug-likeness (QED) is 0.199. The third kappa shape index (κ3) is 5.83. The standard InChI is InChI=1S/C8H13N5O2.C6H10N2O5S/c14-6-12-15-5-7-3-8(4-9-7)13-10-1-2-11-13;9-6-7-3-1-2-5(4-7)8(6)13-14(10,11)12/h1-2,6-9H,3-5H2,(H,12,14);5H,1-4H2,(H,10,11,12). The van der Waals surface area contributed by atoms with Crippen LogP contribution in [0.25, 0.3) is 0 Å². The molecule has 0 spiro atoms. The van der Waals surface area contributed by atoms with Gasteiger partial charge in [-0.2, -0.15) is 28.5 Å². The highest BCUT2D eigenvalue weighted by molar-refractivity contribution is 7.80. The first-order valence-corrected chi connectivity index (χ1v) is 10.4. The molecular formula is C14H23N7O7S. The third-order valence-corrected chi connectivity index (χ3v) is 5.09. The molecule has 0 aromatic carbocycles. The van der Waals surface area contributed by atoms with E-state index in [0.29, 0.717) is 32.5 Å². The van der Waals surface area contributed by atoms with E-state index in [1.807, 2.05) is 0 Å². The fourth-order valence-electron chi connectivity index (χ4n) is 3.51. The van der Waals surface area contributed by atoms with Gasteiger partial charge in [0.15, 0.2) is 0 Å². The van der Waals surface area contributed by atoms with Gasteiger partial charge in [-0.15, -0.1) is 4.28 Å². The number of hydroxylamine groups is 3. The number of nitrogens with one attached hydrogen (secondary N) is 2. The molecule has 15 heteroatoms. The van der Waals surface area contributed by atoms with Crippen molar-refractivity contribution in [3.63, 3.8) is 0 Å². The number of urea groups is 1. The summed E-state index contributed by atoms with van der Waals surface area (Å²) >= 11 is 0. The Labute approximate surface area is 167 Å². The van der Waals surface area contributed by atoms with Crippen molar-refractivity contribution in [1.82, 2.24) is 35.8 Å². The van der Waals surface area contributed by atoms with Crippen molar-refractivity contribution in [1.29, 1.82) is 0 Å². The van der Waals surface area contributed by atoms with Crippen LogP contribution in [0.5, 0.6) is 0 Å². The predicted octanol–water partition coefficient (Wildman–Crippen LogP) is -1.52. The van der Waals surface area contributed by atoms with Crippen LogP contribution >= 0.6 is 0 Å². The lowest BCUT2D eigenvalue weighted by atomic mass is 10.1. The number of aromatic nitrogens is 3. The molecule has 3 N–H and O–H groups in total. The molecule has 0 aliphatic carbocycles. The van der Waals surface area contributed by atoms with Crippen LogP contribution in [0, 0.1) is 0 Å². The lowest BCUT2D eigenvalue weighted by Crippen LogP contribution is -2.35. The average Bonchev–Trinajstić information content (AvgIpc) is 3.40. The van der Waals surface area contributed by atoms with Crippen molar-refractivity contribution in [3.8, 4) is 0 Å². The van der Waals surface area contributed by atoms with Crippen LogP contribution < -0.4 is 10.8 Å². The predicted molar refractivity (Wildman–Crippen MR) is 95.1 cm³/mol. The summed E-state index contributed by atoms with van der Waals surface area (Å²) in [6.07, 6.45) is 6.26. The average molecular weight is 433 g/mol. The Hall–Kier alpha value is -2.33. The number of nitrogens with zero attached hydrogens (tertiary/aromatic N) is 5. The van der Waals surface area contributed by atoms with Crippen LogP contribution in [-0.4, -0.2) is 88.7 Å². The van der Waals surface area contributed by atoms with E-state index >= 15 is 0 Å². The Bertz CT molecular complexity index is 790. The van der Waals surface area contributed by atoms with Crippen LogP contribution in [0.1, 0.15) is 25.3 Å². The second kappa shape index (κ2) is 9.45. The largest absolute Gasteiger partial charge is 0.418 e.